The van der Waals surface area contributed by atoms with Crippen LogP contribution in [0.5, 0.6) is 0 Å². The highest BCUT2D eigenvalue weighted by atomic mass is 15.3. The quantitative estimate of drug-likeness (QED) is 0.870. The molecule has 1 aromatic heterocycles. The highest BCUT2D eigenvalue weighted by molar-refractivity contribution is 5.52. The summed E-state index contributed by atoms with van der Waals surface area (Å²) in [5, 5.41) is 3.55. The number of rotatable bonds is 2. The monoisotopic (exact) mass is 258 g/mol. The molecule has 3 atom stereocenters. The lowest BCUT2D eigenvalue weighted by atomic mass is 9.93. The summed E-state index contributed by atoms with van der Waals surface area (Å²) >= 11 is 0. The molecule has 1 aliphatic carbocycles. The van der Waals surface area contributed by atoms with Crippen molar-refractivity contribution in [1.82, 2.24) is 15.3 Å². The lowest BCUT2D eigenvalue weighted by Crippen LogP contribution is -2.36. The largest absolute Gasteiger partial charge is 0.353 e. The second-order valence-corrected chi connectivity index (χ2v) is 6.19. The van der Waals surface area contributed by atoms with E-state index in [9.17, 15) is 0 Å². The van der Waals surface area contributed by atoms with Crippen LogP contribution in [0.4, 0.5) is 5.82 Å². The van der Waals surface area contributed by atoms with E-state index in [4.69, 9.17) is 0 Å². The molecule has 3 heterocycles. The van der Waals surface area contributed by atoms with Crippen LogP contribution >= 0.6 is 0 Å². The van der Waals surface area contributed by atoms with Gasteiger partial charge in [0.2, 0.25) is 0 Å². The zero-order chi connectivity index (χ0) is 12.8. The molecule has 2 aliphatic heterocycles. The molecule has 0 saturated carbocycles. The SMILES string of the molecule is CCC1C2CNCC2CN1c1ncnc2c1CCC2. The molecule has 4 rings (SSSR count). The van der Waals surface area contributed by atoms with Gasteiger partial charge < -0.3 is 10.2 Å². The van der Waals surface area contributed by atoms with Gasteiger partial charge in [-0.15, -0.1) is 0 Å². The maximum Gasteiger partial charge on any atom is 0.135 e. The van der Waals surface area contributed by atoms with Crippen molar-refractivity contribution in [2.45, 2.75) is 38.6 Å². The predicted molar refractivity (Wildman–Crippen MR) is 75.3 cm³/mol. The Morgan fingerprint density at radius 1 is 1.32 bits per heavy atom. The van der Waals surface area contributed by atoms with Crippen molar-refractivity contribution in [3.63, 3.8) is 0 Å². The zero-order valence-corrected chi connectivity index (χ0v) is 11.6. The first-order valence-corrected chi connectivity index (χ1v) is 7.68. The van der Waals surface area contributed by atoms with Gasteiger partial charge >= 0.3 is 0 Å². The minimum Gasteiger partial charge on any atom is -0.353 e. The molecule has 19 heavy (non-hydrogen) atoms. The van der Waals surface area contributed by atoms with E-state index in [0.717, 1.165) is 18.3 Å². The van der Waals surface area contributed by atoms with Crippen molar-refractivity contribution in [2.24, 2.45) is 11.8 Å². The summed E-state index contributed by atoms with van der Waals surface area (Å²) in [7, 11) is 0. The summed E-state index contributed by atoms with van der Waals surface area (Å²) in [6, 6.07) is 0.666. The average Bonchev–Trinajstić information content (AvgIpc) is 3.12. The molecule has 0 bridgehead atoms. The molecular weight excluding hydrogens is 236 g/mol. The third kappa shape index (κ3) is 1.69. The van der Waals surface area contributed by atoms with E-state index >= 15 is 0 Å². The van der Waals surface area contributed by atoms with Gasteiger partial charge in [-0.05, 0) is 37.5 Å². The molecule has 3 aliphatic rings. The van der Waals surface area contributed by atoms with Crippen LogP contribution in [-0.2, 0) is 12.8 Å². The van der Waals surface area contributed by atoms with E-state index in [-0.39, 0.29) is 0 Å². The molecule has 0 aromatic carbocycles. The molecule has 102 valence electrons. The summed E-state index contributed by atoms with van der Waals surface area (Å²) in [6.45, 7) is 5.87. The molecule has 2 saturated heterocycles. The molecule has 4 heteroatoms. The van der Waals surface area contributed by atoms with Crippen molar-refractivity contribution in [1.29, 1.82) is 0 Å². The van der Waals surface area contributed by atoms with Gasteiger partial charge in [0.1, 0.15) is 12.1 Å². The number of nitrogens with one attached hydrogen (secondary N) is 1. The highest BCUT2D eigenvalue weighted by Crippen LogP contribution is 2.39. The molecule has 4 nitrogen and oxygen atoms in total. The van der Waals surface area contributed by atoms with Crippen LogP contribution in [0.1, 0.15) is 31.0 Å². The second kappa shape index (κ2) is 4.44. The Kier molecular flexibility index (Phi) is 2.72. The fourth-order valence-electron chi connectivity index (χ4n) is 4.38. The predicted octanol–water partition coefficient (Wildman–Crippen LogP) is 1.40. The Morgan fingerprint density at radius 3 is 3.16 bits per heavy atom. The molecular formula is C15H22N4. The lowest BCUT2D eigenvalue weighted by molar-refractivity contribution is 0.441. The standard InChI is InChI=1S/C15H22N4/c1-2-14-12-7-16-6-10(12)8-19(14)15-11-4-3-5-13(11)17-9-18-15/h9-10,12,14,16H,2-8H2,1H3. The number of anilines is 1. The second-order valence-electron chi connectivity index (χ2n) is 6.19. The van der Waals surface area contributed by atoms with Crippen molar-refractivity contribution in [3.8, 4) is 0 Å². The van der Waals surface area contributed by atoms with Gasteiger partial charge in [-0.2, -0.15) is 0 Å². The van der Waals surface area contributed by atoms with E-state index in [1.165, 1.54) is 56.0 Å². The van der Waals surface area contributed by atoms with E-state index < -0.39 is 0 Å². The zero-order valence-electron chi connectivity index (χ0n) is 11.6. The number of aromatic nitrogens is 2. The van der Waals surface area contributed by atoms with Gasteiger partial charge in [0.05, 0.1) is 0 Å². The van der Waals surface area contributed by atoms with Crippen LogP contribution in [0.3, 0.4) is 0 Å². The Labute approximate surface area is 114 Å². The van der Waals surface area contributed by atoms with E-state index in [1.54, 1.807) is 6.33 Å². The van der Waals surface area contributed by atoms with Gasteiger partial charge in [0, 0.05) is 36.9 Å². The van der Waals surface area contributed by atoms with Crippen LogP contribution < -0.4 is 10.2 Å². The van der Waals surface area contributed by atoms with Crippen LogP contribution in [0, 0.1) is 11.8 Å². The smallest absolute Gasteiger partial charge is 0.135 e. The van der Waals surface area contributed by atoms with E-state index in [1.807, 2.05) is 0 Å². The summed E-state index contributed by atoms with van der Waals surface area (Å²) in [6.07, 6.45) is 6.57. The van der Waals surface area contributed by atoms with E-state index in [2.05, 4.69) is 27.1 Å². The number of fused-ring (bicyclic) bond motifs is 2. The molecule has 1 aromatic rings. The van der Waals surface area contributed by atoms with Gasteiger partial charge in [-0.3, -0.25) is 0 Å². The van der Waals surface area contributed by atoms with Gasteiger partial charge in [-0.1, -0.05) is 6.92 Å². The maximum atomic E-state index is 4.65. The summed E-state index contributed by atoms with van der Waals surface area (Å²) in [5.74, 6) is 2.89. The Morgan fingerprint density at radius 2 is 2.26 bits per heavy atom. The summed E-state index contributed by atoms with van der Waals surface area (Å²) in [4.78, 5) is 11.7. The van der Waals surface area contributed by atoms with Crippen molar-refractivity contribution >= 4 is 5.82 Å². The minimum atomic E-state index is 0.666. The third-order valence-corrected chi connectivity index (χ3v) is 5.26. The molecule has 0 spiro atoms. The van der Waals surface area contributed by atoms with Crippen LogP contribution in [0.15, 0.2) is 6.33 Å². The Bertz CT molecular complexity index is 487. The lowest BCUT2D eigenvalue weighted by Gasteiger charge is -2.29. The molecule has 1 N–H and O–H groups in total. The van der Waals surface area contributed by atoms with Crippen molar-refractivity contribution in [2.75, 3.05) is 24.5 Å². The Balaban J connectivity index is 1.71. The topological polar surface area (TPSA) is 41.0 Å². The minimum absolute atomic E-state index is 0.666. The first-order chi connectivity index (χ1) is 9.38. The van der Waals surface area contributed by atoms with Crippen LogP contribution in [-0.4, -0.2) is 35.6 Å². The molecule has 0 amide bonds. The van der Waals surface area contributed by atoms with Crippen LogP contribution in [0.2, 0.25) is 0 Å². The van der Waals surface area contributed by atoms with Crippen molar-refractivity contribution < 1.29 is 0 Å². The Hall–Kier alpha value is -1.16. The summed E-state index contributed by atoms with van der Waals surface area (Å²) in [5.41, 5.74) is 2.74. The third-order valence-electron chi connectivity index (χ3n) is 5.26. The van der Waals surface area contributed by atoms with Gasteiger partial charge in [0.15, 0.2) is 0 Å². The molecule has 0 radical (unpaired) electrons. The fourth-order valence-corrected chi connectivity index (χ4v) is 4.38. The van der Waals surface area contributed by atoms with Crippen molar-refractivity contribution in [3.05, 3.63) is 17.6 Å². The summed E-state index contributed by atoms with van der Waals surface area (Å²) < 4.78 is 0. The number of hydrogen-bond donors (Lipinski definition) is 1. The first-order valence-electron chi connectivity index (χ1n) is 7.68. The molecule has 2 fully saturated rings. The number of nitrogens with zero attached hydrogens (tertiary/aromatic N) is 3. The maximum absolute atomic E-state index is 4.65. The fraction of sp³-hybridized carbons (Fsp3) is 0.733. The average molecular weight is 258 g/mol. The van der Waals surface area contributed by atoms with Gasteiger partial charge in [-0.25, -0.2) is 9.97 Å². The van der Waals surface area contributed by atoms with E-state index in [0.29, 0.717) is 6.04 Å². The first kappa shape index (κ1) is 11.6. The molecule has 3 unspecified atom stereocenters. The normalized spacial score (nSPS) is 32.7. The van der Waals surface area contributed by atoms with Crippen LogP contribution in [0.25, 0.3) is 0 Å². The number of hydrogen-bond acceptors (Lipinski definition) is 4. The number of aryl methyl sites for hydroxylation is 1. The van der Waals surface area contributed by atoms with Gasteiger partial charge in [0.25, 0.3) is 0 Å². The highest BCUT2D eigenvalue weighted by Gasteiger charge is 2.44.